The summed E-state index contributed by atoms with van der Waals surface area (Å²) in [4.78, 5) is 27.4. The first kappa shape index (κ1) is 28.1. The number of carbonyl (C=O) groups is 2. The molecule has 0 spiro atoms. The summed E-state index contributed by atoms with van der Waals surface area (Å²) in [5.74, 6) is 0.653. The third-order valence-corrected chi connectivity index (χ3v) is 8.86. The number of aromatic nitrogens is 2. The summed E-state index contributed by atoms with van der Waals surface area (Å²) in [6.45, 7) is 5.50. The minimum Gasteiger partial charge on any atom is -0.381 e. The van der Waals surface area contributed by atoms with Gasteiger partial charge in [0.15, 0.2) is 0 Å². The number of nitrogens with zero attached hydrogens (tertiary/aromatic N) is 3. The number of hydrogen-bond donors (Lipinski definition) is 1. The molecule has 1 saturated heterocycles. The van der Waals surface area contributed by atoms with Crippen molar-refractivity contribution in [3.63, 3.8) is 0 Å². The summed E-state index contributed by atoms with van der Waals surface area (Å²) in [5, 5.41) is 5.74. The Morgan fingerprint density at radius 1 is 0.976 bits per heavy atom. The maximum Gasteiger partial charge on any atom is 0.253 e. The Hall–Kier alpha value is -4.04. The number of aryl methyl sites for hydroxylation is 1. The quantitative estimate of drug-likeness (QED) is 0.243. The van der Waals surface area contributed by atoms with E-state index in [2.05, 4.69) is 0 Å². The predicted molar refractivity (Wildman–Crippen MR) is 160 cm³/mol. The average Bonchev–Trinajstić information content (AvgIpc) is 3.73. The van der Waals surface area contributed by atoms with Gasteiger partial charge in [0.2, 0.25) is 5.91 Å². The van der Waals surface area contributed by atoms with Crippen LogP contribution in [0.2, 0.25) is 0 Å². The highest BCUT2D eigenvalue weighted by Crippen LogP contribution is 2.32. The number of hydrogen-bond acceptors (Lipinski definition) is 4. The van der Waals surface area contributed by atoms with Crippen LogP contribution in [0.25, 0.3) is 22.0 Å². The van der Waals surface area contributed by atoms with Crippen LogP contribution in [0.5, 0.6) is 0 Å². The van der Waals surface area contributed by atoms with Gasteiger partial charge < -0.3 is 15.4 Å². The molecule has 2 heterocycles. The summed E-state index contributed by atoms with van der Waals surface area (Å²) in [7, 11) is 0. The number of carbonyl (C=O) groups excluding carboxylic acids is 2. The van der Waals surface area contributed by atoms with Crippen molar-refractivity contribution < 1.29 is 18.7 Å². The summed E-state index contributed by atoms with van der Waals surface area (Å²) in [6.07, 6.45) is 6.29. The van der Waals surface area contributed by atoms with Crippen molar-refractivity contribution in [2.24, 2.45) is 23.5 Å². The van der Waals surface area contributed by atoms with Crippen molar-refractivity contribution in [3.05, 3.63) is 89.4 Å². The molecule has 3 aromatic carbocycles. The Kier molecular flexibility index (Phi) is 8.07. The van der Waals surface area contributed by atoms with Gasteiger partial charge in [-0.25, -0.2) is 4.39 Å². The van der Waals surface area contributed by atoms with Crippen molar-refractivity contribution in [2.75, 3.05) is 26.3 Å². The van der Waals surface area contributed by atoms with Crippen LogP contribution in [-0.2, 0) is 11.3 Å². The zero-order valence-corrected chi connectivity index (χ0v) is 24.0. The van der Waals surface area contributed by atoms with Gasteiger partial charge in [0.1, 0.15) is 5.82 Å². The number of rotatable bonds is 10. The Bertz CT molecular complexity index is 1580. The fraction of sp³-hybridized carbons (Fsp3) is 0.382. The lowest BCUT2D eigenvalue weighted by Crippen LogP contribution is -2.45. The monoisotopic (exact) mass is 568 g/mol. The number of benzene rings is 3. The molecule has 2 N–H and O–H groups in total. The van der Waals surface area contributed by atoms with E-state index in [4.69, 9.17) is 15.6 Å². The fourth-order valence-corrected chi connectivity index (χ4v) is 6.11. The van der Waals surface area contributed by atoms with Crippen molar-refractivity contribution in [2.45, 2.75) is 39.2 Å². The Balaban J connectivity index is 1.15. The van der Waals surface area contributed by atoms with E-state index in [0.717, 1.165) is 53.6 Å². The number of likely N-dealkylation sites (tertiary alicyclic amines) is 1. The maximum atomic E-state index is 13.6. The van der Waals surface area contributed by atoms with Crippen LogP contribution in [0.4, 0.5) is 4.39 Å². The number of amides is 2. The molecule has 1 saturated carbocycles. The van der Waals surface area contributed by atoms with Crippen molar-refractivity contribution in [1.82, 2.24) is 14.7 Å². The van der Waals surface area contributed by atoms with E-state index >= 15 is 0 Å². The molecule has 6 rings (SSSR count). The number of primary amides is 1. The molecular weight excluding hydrogens is 531 g/mol. The molecule has 1 aliphatic carbocycles. The van der Waals surface area contributed by atoms with Crippen LogP contribution in [0.3, 0.4) is 0 Å². The molecule has 2 atom stereocenters. The molecular formula is C34H37FN4O3. The number of halogens is 1. The van der Waals surface area contributed by atoms with Crippen LogP contribution in [0.15, 0.2) is 66.9 Å². The van der Waals surface area contributed by atoms with Gasteiger partial charge in [-0.15, -0.1) is 0 Å². The number of ether oxygens (including phenoxy) is 1. The van der Waals surface area contributed by atoms with Crippen molar-refractivity contribution in [1.29, 1.82) is 0 Å². The number of nitrogens with two attached hydrogens (primary N) is 1. The molecule has 2 amide bonds. The molecule has 7 nitrogen and oxygen atoms in total. The first-order valence-electron chi connectivity index (χ1n) is 14.9. The minimum absolute atomic E-state index is 0.0300. The Morgan fingerprint density at radius 3 is 2.38 bits per heavy atom. The second-order valence-electron chi connectivity index (χ2n) is 11.8. The van der Waals surface area contributed by atoms with Crippen molar-refractivity contribution >= 4 is 22.7 Å². The summed E-state index contributed by atoms with van der Waals surface area (Å²) < 4.78 is 21.3. The van der Waals surface area contributed by atoms with E-state index in [1.807, 2.05) is 53.0 Å². The van der Waals surface area contributed by atoms with E-state index < -0.39 is 5.91 Å². The largest absolute Gasteiger partial charge is 0.381 e. The van der Waals surface area contributed by atoms with E-state index in [9.17, 15) is 14.0 Å². The third kappa shape index (κ3) is 6.23. The van der Waals surface area contributed by atoms with E-state index in [-0.39, 0.29) is 17.6 Å². The third-order valence-electron chi connectivity index (χ3n) is 8.86. The summed E-state index contributed by atoms with van der Waals surface area (Å²) in [5.41, 5.74) is 10.3. The highest BCUT2D eigenvalue weighted by Gasteiger charge is 2.32. The molecule has 2 aliphatic rings. The van der Waals surface area contributed by atoms with Gasteiger partial charge in [-0.1, -0.05) is 24.3 Å². The topological polar surface area (TPSA) is 90.5 Å². The zero-order chi connectivity index (χ0) is 29.2. The van der Waals surface area contributed by atoms with Crippen LogP contribution < -0.4 is 5.73 Å². The number of fused-ring (bicyclic) bond motifs is 1. The first-order valence-corrected chi connectivity index (χ1v) is 14.9. The van der Waals surface area contributed by atoms with Gasteiger partial charge in [0, 0.05) is 55.6 Å². The second-order valence-corrected chi connectivity index (χ2v) is 11.8. The van der Waals surface area contributed by atoms with E-state index in [1.54, 1.807) is 18.2 Å². The maximum absolute atomic E-state index is 13.6. The van der Waals surface area contributed by atoms with Crippen LogP contribution in [0.1, 0.15) is 52.0 Å². The molecule has 0 bridgehead atoms. The highest BCUT2D eigenvalue weighted by molar-refractivity contribution is 5.99. The zero-order valence-electron chi connectivity index (χ0n) is 24.0. The normalized spacial score (nSPS) is 18.9. The smallest absolute Gasteiger partial charge is 0.253 e. The highest BCUT2D eigenvalue weighted by atomic mass is 19.1. The van der Waals surface area contributed by atoms with E-state index in [0.29, 0.717) is 42.7 Å². The summed E-state index contributed by atoms with van der Waals surface area (Å²) >= 11 is 0. The van der Waals surface area contributed by atoms with Crippen LogP contribution in [-0.4, -0.2) is 52.8 Å². The lowest BCUT2D eigenvalue weighted by Gasteiger charge is -2.39. The van der Waals surface area contributed by atoms with Crippen molar-refractivity contribution in [3.8, 4) is 11.1 Å². The van der Waals surface area contributed by atoms with Gasteiger partial charge in [0.25, 0.3) is 5.91 Å². The average molecular weight is 569 g/mol. The Labute approximate surface area is 245 Å². The van der Waals surface area contributed by atoms with Gasteiger partial charge in [-0.3, -0.25) is 14.3 Å². The Morgan fingerprint density at radius 2 is 1.69 bits per heavy atom. The molecule has 2 unspecified atom stereocenters. The molecule has 2 fully saturated rings. The molecule has 218 valence electrons. The van der Waals surface area contributed by atoms with Gasteiger partial charge in [-0.05, 0) is 103 Å². The minimum atomic E-state index is -0.435. The fourth-order valence-electron chi connectivity index (χ4n) is 6.11. The molecule has 42 heavy (non-hydrogen) atoms. The van der Waals surface area contributed by atoms with Gasteiger partial charge >= 0.3 is 0 Å². The second kappa shape index (κ2) is 12.1. The molecule has 8 heteroatoms. The molecule has 4 aromatic rings. The lowest BCUT2D eigenvalue weighted by molar-refractivity contribution is 0.0443. The number of piperidine rings is 1. The molecule has 1 aliphatic heterocycles. The van der Waals surface area contributed by atoms with Gasteiger partial charge in [0.05, 0.1) is 5.52 Å². The van der Waals surface area contributed by atoms with Crippen LogP contribution in [0, 0.1) is 30.5 Å². The SMILES string of the molecule is Cc1c(C(N)=O)ccc2nn(CC3CCN(C(=O)c4ccc(-c5ccc(F)cc5)cc4)CC3CCOCC3CC3)cc12. The van der Waals surface area contributed by atoms with Crippen LogP contribution >= 0.6 is 0 Å². The predicted octanol–water partition coefficient (Wildman–Crippen LogP) is 5.84. The first-order chi connectivity index (χ1) is 20.4. The molecule has 0 radical (unpaired) electrons. The van der Waals surface area contributed by atoms with E-state index in [1.165, 1.54) is 25.0 Å². The molecule has 1 aromatic heterocycles. The standard InChI is InChI=1S/C34H37FN4O3/c1-22-30(33(36)40)12-13-32-31(22)20-39(37-32)19-27-14-16-38(18-28(27)15-17-42-21-23-2-3-23)34(41)26-6-4-24(5-7-26)25-8-10-29(35)11-9-25/h4-13,20,23,27-28H,2-3,14-19,21H2,1H3,(H2,36,40). The van der Waals surface area contributed by atoms with Gasteiger partial charge in [-0.2, -0.15) is 5.10 Å². The lowest BCUT2D eigenvalue weighted by atomic mass is 9.83. The summed E-state index contributed by atoms with van der Waals surface area (Å²) in [6, 6.07) is 17.5.